The minimum Gasteiger partial charge on any atom is -0.309 e. The van der Waals surface area contributed by atoms with Crippen LogP contribution in [0.1, 0.15) is 44.2 Å². The van der Waals surface area contributed by atoms with Gasteiger partial charge in [-0.1, -0.05) is 100.0 Å². The monoisotopic (exact) mass is 401 g/mol. The second-order valence-corrected chi connectivity index (χ2v) is 9.48. The molecule has 0 bridgehead atoms. The number of aromatic nitrogens is 1. The molecule has 5 aromatic rings. The first-order chi connectivity index (χ1) is 15.1. The lowest BCUT2D eigenvalue weighted by Gasteiger charge is -2.32. The molecule has 0 radical (unpaired) electrons. The zero-order chi connectivity index (χ0) is 21.2. The van der Waals surface area contributed by atoms with Gasteiger partial charge in [0.05, 0.1) is 11.0 Å². The highest BCUT2D eigenvalue weighted by molar-refractivity contribution is 6.15. The Morgan fingerprint density at radius 1 is 0.710 bits per heavy atom. The molecule has 1 aromatic heterocycles. The minimum absolute atomic E-state index is 0.193. The Morgan fingerprint density at radius 3 is 2.23 bits per heavy atom. The number of fused-ring (bicyclic) bond motifs is 7. The average Bonchev–Trinajstić information content (AvgIpc) is 3.33. The highest BCUT2D eigenvalue weighted by atomic mass is 15.0. The van der Waals surface area contributed by atoms with Crippen LogP contribution in [0.2, 0.25) is 0 Å². The van der Waals surface area contributed by atoms with Crippen molar-refractivity contribution < 1.29 is 0 Å². The number of hydrogen-bond acceptors (Lipinski definition) is 0. The van der Waals surface area contributed by atoms with E-state index in [2.05, 4.69) is 116 Å². The van der Waals surface area contributed by atoms with Crippen LogP contribution in [0.15, 0.2) is 91.0 Å². The van der Waals surface area contributed by atoms with E-state index in [-0.39, 0.29) is 5.41 Å². The topological polar surface area (TPSA) is 4.93 Å². The third kappa shape index (κ3) is 2.50. The Bertz CT molecular complexity index is 1440. The molecule has 1 atom stereocenters. The molecule has 0 aliphatic heterocycles. The summed E-state index contributed by atoms with van der Waals surface area (Å²) in [6.45, 7) is 7.15. The zero-order valence-corrected chi connectivity index (χ0v) is 18.4. The molecule has 0 spiro atoms. The van der Waals surface area contributed by atoms with Crippen molar-refractivity contribution in [2.24, 2.45) is 5.41 Å². The van der Waals surface area contributed by atoms with Crippen LogP contribution in [0.5, 0.6) is 0 Å². The van der Waals surface area contributed by atoms with Crippen molar-refractivity contribution in [1.82, 2.24) is 4.57 Å². The van der Waals surface area contributed by atoms with Crippen molar-refractivity contribution in [3.05, 3.63) is 102 Å². The first kappa shape index (κ1) is 18.4. The number of para-hydroxylation sites is 2. The van der Waals surface area contributed by atoms with Gasteiger partial charge >= 0.3 is 0 Å². The van der Waals surface area contributed by atoms with Crippen LogP contribution in [0.3, 0.4) is 0 Å². The smallest absolute Gasteiger partial charge is 0.0622 e. The van der Waals surface area contributed by atoms with Gasteiger partial charge in [-0.25, -0.2) is 0 Å². The van der Waals surface area contributed by atoms with Crippen LogP contribution in [0, 0.1) is 5.41 Å². The van der Waals surface area contributed by atoms with E-state index in [9.17, 15) is 0 Å². The summed E-state index contributed by atoms with van der Waals surface area (Å²) in [5.41, 5.74) is 9.78. The highest BCUT2D eigenvalue weighted by Crippen LogP contribution is 2.56. The SMILES string of the molecule is CCC(C)(C)C1c2ccccc2-c2c1ccc1c3ccccc3n(-c3ccccc3)c21. The van der Waals surface area contributed by atoms with Gasteiger partial charge in [-0.05, 0) is 40.3 Å². The van der Waals surface area contributed by atoms with Crippen molar-refractivity contribution in [2.45, 2.75) is 33.1 Å². The zero-order valence-electron chi connectivity index (χ0n) is 18.4. The van der Waals surface area contributed by atoms with Crippen molar-refractivity contribution in [3.8, 4) is 16.8 Å². The third-order valence-corrected chi connectivity index (χ3v) is 7.43. The molecule has 1 aliphatic carbocycles. The van der Waals surface area contributed by atoms with E-state index in [1.54, 1.807) is 0 Å². The Balaban J connectivity index is 1.82. The van der Waals surface area contributed by atoms with Crippen LogP contribution in [-0.4, -0.2) is 4.57 Å². The molecule has 1 nitrogen and oxygen atoms in total. The molecule has 1 heteroatoms. The van der Waals surface area contributed by atoms with Crippen molar-refractivity contribution in [3.63, 3.8) is 0 Å². The molecule has 0 saturated heterocycles. The van der Waals surface area contributed by atoms with E-state index in [1.807, 2.05) is 0 Å². The predicted molar refractivity (Wildman–Crippen MR) is 132 cm³/mol. The second-order valence-electron chi connectivity index (χ2n) is 9.48. The lowest BCUT2D eigenvalue weighted by Crippen LogP contribution is -2.20. The molecular weight excluding hydrogens is 374 g/mol. The van der Waals surface area contributed by atoms with Crippen LogP contribution in [0.25, 0.3) is 38.6 Å². The number of nitrogens with zero attached hydrogens (tertiary/aromatic N) is 1. The Morgan fingerprint density at radius 2 is 1.42 bits per heavy atom. The molecule has 1 unspecified atom stereocenters. The standard InChI is InChI=1S/C30H27N/c1-4-30(2,3)28-23-16-9-8-15-22(23)27-25(28)19-18-24-21-14-10-11-17-26(21)31(29(24)27)20-12-6-5-7-13-20/h5-19,28H,4H2,1-3H3. The summed E-state index contributed by atoms with van der Waals surface area (Å²) in [5, 5.41) is 2.66. The lowest BCUT2D eigenvalue weighted by atomic mass is 9.72. The highest BCUT2D eigenvalue weighted by Gasteiger charge is 2.39. The molecule has 1 heterocycles. The first-order valence-electron chi connectivity index (χ1n) is 11.3. The van der Waals surface area contributed by atoms with Crippen LogP contribution < -0.4 is 0 Å². The molecular formula is C30H27N. The molecule has 1 aliphatic rings. The summed E-state index contributed by atoms with van der Waals surface area (Å²) in [6.07, 6.45) is 1.14. The van der Waals surface area contributed by atoms with E-state index < -0.39 is 0 Å². The summed E-state index contributed by atoms with van der Waals surface area (Å²) >= 11 is 0. The fourth-order valence-corrected chi connectivity index (χ4v) is 5.63. The maximum atomic E-state index is 2.47. The van der Waals surface area contributed by atoms with Gasteiger partial charge in [-0.15, -0.1) is 0 Å². The molecule has 0 amide bonds. The summed E-state index contributed by atoms with van der Waals surface area (Å²) in [6, 6.07) is 33.5. The van der Waals surface area contributed by atoms with Crippen LogP contribution >= 0.6 is 0 Å². The first-order valence-corrected chi connectivity index (χ1v) is 11.3. The molecule has 6 rings (SSSR count). The van der Waals surface area contributed by atoms with Crippen molar-refractivity contribution >= 4 is 21.8 Å². The summed E-state index contributed by atoms with van der Waals surface area (Å²) in [7, 11) is 0. The number of rotatable bonds is 3. The van der Waals surface area contributed by atoms with Gasteiger partial charge in [0.15, 0.2) is 0 Å². The van der Waals surface area contributed by atoms with Gasteiger partial charge in [-0.3, -0.25) is 0 Å². The minimum atomic E-state index is 0.193. The van der Waals surface area contributed by atoms with E-state index in [0.29, 0.717) is 5.92 Å². The quantitative estimate of drug-likeness (QED) is 0.286. The van der Waals surface area contributed by atoms with Gasteiger partial charge < -0.3 is 4.57 Å². The largest absolute Gasteiger partial charge is 0.309 e. The van der Waals surface area contributed by atoms with Crippen LogP contribution in [-0.2, 0) is 0 Å². The summed E-state index contributed by atoms with van der Waals surface area (Å²) in [5.74, 6) is 0.412. The molecule has 0 fully saturated rings. The summed E-state index contributed by atoms with van der Waals surface area (Å²) < 4.78 is 2.47. The maximum Gasteiger partial charge on any atom is 0.0622 e. The third-order valence-electron chi connectivity index (χ3n) is 7.43. The summed E-state index contributed by atoms with van der Waals surface area (Å²) in [4.78, 5) is 0. The van der Waals surface area contributed by atoms with E-state index in [0.717, 1.165) is 6.42 Å². The van der Waals surface area contributed by atoms with Crippen molar-refractivity contribution in [1.29, 1.82) is 0 Å². The van der Waals surface area contributed by atoms with Gasteiger partial charge in [-0.2, -0.15) is 0 Å². The Labute approximate surface area is 184 Å². The van der Waals surface area contributed by atoms with E-state index >= 15 is 0 Å². The Hall–Kier alpha value is -3.32. The van der Waals surface area contributed by atoms with Gasteiger partial charge in [0.1, 0.15) is 0 Å². The normalized spacial score (nSPS) is 15.4. The molecule has 4 aromatic carbocycles. The average molecular weight is 402 g/mol. The predicted octanol–water partition coefficient (Wildman–Crippen LogP) is 8.33. The van der Waals surface area contributed by atoms with E-state index in [1.165, 1.54) is 49.7 Å². The van der Waals surface area contributed by atoms with Gasteiger partial charge in [0, 0.05) is 27.9 Å². The maximum absolute atomic E-state index is 2.47. The fraction of sp³-hybridized carbons (Fsp3) is 0.200. The van der Waals surface area contributed by atoms with Crippen LogP contribution in [0.4, 0.5) is 0 Å². The fourth-order valence-electron chi connectivity index (χ4n) is 5.63. The number of hydrogen-bond donors (Lipinski definition) is 0. The lowest BCUT2D eigenvalue weighted by molar-refractivity contribution is 0.309. The molecule has 31 heavy (non-hydrogen) atoms. The van der Waals surface area contributed by atoms with E-state index in [4.69, 9.17) is 0 Å². The molecule has 0 N–H and O–H groups in total. The van der Waals surface area contributed by atoms with Gasteiger partial charge in [0.2, 0.25) is 0 Å². The molecule has 152 valence electrons. The molecule has 0 saturated carbocycles. The second kappa shape index (κ2) is 6.59. The number of benzene rings is 4. The Kier molecular flexibility index (Phi) is 3.92. The van der Waals surface area contributed by atoms with Gasteiger partial charge in [0.25, 0.3) is 0 Å². The van der Waals surface area contributed by atoms with Crippen molar-refractivity contribution in [2.75, 3.05) is 0 Å².